The van der Waals surface area contributed by atoms with Crippen molar-refractivity contribution < 1.29 is 9.16 Å². The van der Waals surface area contributed by atoms with Gasteiger partial charge in [-0.2, -0.15) is 0 Å². The first-order valence-electron chi connectivity index (χ1n) is 7.36. The molecule has 20 heavy (non-hydrogen) atoms. The Hall–Kier alpha value is -0.683. The van der Waals surface area contributed by atoms with Crippen molar-refractivity contribution in [2.24, 2.45) is 5.92 Å². The summed E-state index contributed by atoms with van der Waals surface area (Å²) < 4.78 is 12.4. The van der Waals surface area contributed by atoms with Gasteiger partial charge in [-0.25, -0.2) is 0 Å². The van der Waals surface area contributed by atoms with Gasteiger partial charge in [-0.05, 0) is 31.1 Å². The van der Waals surface area contributed by atoms with Gasteiger partial charge in [0, 0.05) is 7.11 Å². The summed E-state index contributed by atoms with van der Waals surface area (Å²) in [7, 11) is 0.0595. The molecule has 1 aliphatic heterocycles. The topological polar surface area (TPSA) is 30.5 Å². The maximum atomic E-state index is 6.51. The molecule has 0 aliphatic carbocycles. The van der Waals surface area contributed by atoms with Crippen LogP contribution in [-0.2, 0) is 9.16 Å². The number of nitrogens with one attached hydrogen (secondary N) is 1. The average Bonchev–Trinajstić information content (AvgIpc) is 2.34. The first kappa shape index (κ1) is 15.7. The van der Waals surface area contributed by atoms with Crippen LogP contribution in [0.4, 0.5) is 0 Å². The molecular formula is C16H27NO2Si. The maximum absolute atomic E-state index is 6.51. The van der Waals surface area contributed by atoms with E-state index in [-0.39, 0.29) is 12.1 Å². The summed E-state index contributed by atoms with van der Waals surface area (Å²) in [6.07, 6.45) is 0. The molecule has 2 rings (SSSR count). The monoisotopic (exact) mass is 293 g/mol. The number of hydrogen-bond donors (Lipinski definition) is 1. The Labute approximate surface area is 123 Å². The molecule has 112 valence electrons. The summed E-state index contributed by atoms with van der Waals surface area (Å²) in [5.74, 6) is -0.0775. The number of methoxy groups -OCH3 is 1. The highest BCUT2D eigenvalue weighted by molar-refractivity contribution is 6.69. The van der Waals surface area contributed by atoms with Crippen LogP contribution < -0.4 is 5.32 Å². The molecule has 1 aromatic carbocycles. The van der Waals surface area contributed by atoms with Crippen LogP contribution in [-0.4, -0.2) is 27.3 Å². The van der Waals surface area contributed by atoms with Gasteiger partial charge in [0.15, 0.2) is 14.1 Å². The van der Waals surface area contributed by atoms with E-state index in [1.54, 1.807) is 7.11 Å². The van der Waals surface area contributed by atoms with E-state index in [4.69, 9.17) is 9.16 Å². The predicted octanol–water partition coefficient (Wildman–Crippen LogP) is 3.55. The van der Waals surface area contributed by atoms with Gasteiger partial charge in [0.2, 0.25) is 0 Å². The van der Waals surface area contributed by atoms with Crippen LogP contribution in [0.15, 0.2) is 30.3 Å². The van der Waals surface area contributed by atoms with Crippen LogP contribution in [0.2, 0.25) is 19.6 Å². The van der Waals surface area contributed by atoms with E-state index >= 15 is 0 Å². The van der Waals surface area contributed by atoms with Crippen molar-refractivity contribution in [3.8, 4) is 0 Å². The van der Waals surface area contributed by atoms with E-state index < -0.39 is 14.1 Å². The van der Waals surface area contributed by atoms with Gasteiger partial charge in [-0.1, -0.05) is 44.2 Å². The Morgan fingerprint density at radius 1 is 1.15 bits per heavy atom. The zero-order valence-electron chi connectivity index (χ0n) is 13.4. The minimum atomic E-state index is -1.71. The molecule has 3 atom stereocenters. The van der Waals surface area contributed by atoms with Crippen LogP contribution in [0.5, 0.6) is 0 Å². The molecule has 0 bridgehead atoms. The van der Waals surface area contributed by atoms with Crippen molar-refractivity contribution in [2.45, 2.75) is 51.4 Å². The summed E-state index contributed by atoms with van der Waals surface area (Å²) in [6, 6.07) is 10.8. The summed E-state index contributed by atoms with van der Waals surface area (Å²) >= 11 is 0. The van der Waals surface area contributed by atoms with E-state index in [0.29, 0.717) is 5.92 Å². The van der Waals surface area contributed by atoms with E-state index in [9.17, 15) is 0 Å². The molecule has 4 heteroatoms. The lowest BCUT2D eigenvalue weighted by atomic mass is 9.78. The molecule has 0 spiro atoms. The third kappa shape index (κ3) is 2.84. The fourth-order valence-corrected chi connectivity index (χ4v) is 4.30. The van der Waals surface area contributed by atoms with Crippen molar-refractivity contribution >= 4 is 8.32 Å². The Morgan fingerprint density at radius 2 is 1.75 bits per heavy atom. The summed E-state index contributed by atoms with van der Waals surface area (Å²) in [6.45, 7) is 11.1. The fourth-order valence-electron chi connectivity index (χ4n) is 3.01. The molecule has 0 radical (unpaired) electrons. The second-order valence-corrected chi connectivity index (χ2v) is 11.3. The van der Waals surface area contributed by atoms with Crippen molar-refractivity contribution in [3.63, 3.8) is 0 Å². The lowest BCUT2D eigenvalue weighted by molar-refractivity contribution is -0.272. The second-order valence-electron chi connectivity index (χ2n) is 6.87. The first-order chi connectivity index (χ1) is 9.30. The molecule has 0 aromatic heterocycles. The molecule has 0 saturated carbocycles. The molecule has 1 N–H and O–H groups in total. The first-order valence-corrected chi connectivity index (χ1v) is 10.8. The standard InChI is InChI=1S/C16H27NO2Si/c1-12(2)14-16(18-3,19-20(4,5)6)15(17-14)13-10-8-7-9-11-13/h7-12,14-15,17H,1-6H3/t14-,15+,16?/m0/s1. The van der Waals surface area contributed by atoms with E-state index in [2.05, 4.69) is 63.1 Å². The number of rotatable bonds is 5. The molecule has 1 aromatic rings. The highest BCUT2D eigenvalue weighted by Gasteiger charge is 2.59. The molecule has 1 unspecified atom stereocenters. The quantitative estimate of drug-likeness (QED) is 0.665. The maximum Gasteiger partial charge on any atom is 0.194 e. The highest BCUT2D eigenvalue weighted by Crippen LogP contribution is 2.46. The zero-order valence-corrected chi connectivity index (χ0v) is 14.4. The van der Waals surface area contributed by atoms with Crippen molar-refractivity contribution in [2.75, 3.05) is 7.11 Å². The minimum absolute atomic E-state index is 0.104. The molecule has 1 fully saturated rings. The van der Waals surface area contributed by atoms with Gasteiger partial charge in [-0.3, -0.25) is 5.32 Å². The third-order valence-electron chi connectivity index (χ3n) is 3.77. The summed E-state index contributed by atoms with van der Waals surface area (Å²) in [4.78, 5) is 0. The number of hydrogen-bond acceptors (Lipinski definition) is 3. The third-order valence-corrected chi connectivity index (χ3v) is 4.70. The van der Waals surface area contributed by atoms with Gasteiger partial charge < -0.3 is 9.16 Å². The van der Waals surface area contributed by atoms with E-state index in [1.807, 2.05) is 6.07 Å². The van der Waals surface area contributed by atoms with Crippen molar-refractivity contribution in [3.05, 3.63) is 35.9 Å². The Kier molecular flexibility index (Phi) is 4.40. The van der Waals surface area contributed by atoms with E-state index in [1.165, 1.54) is 5.56 Å². The SMILES string of the molecule is COC1(O[Si](C)(C)C)[C@@H](c2ccccc2)N[C@H]1C(C)C. The normalized spacial score (nSPS) is 30.4. The van der Waals surface area contributed by atoms with E-state index in [0.717, 1.165) is 0 Å². The van der Waals surface area contributed by atoms with Gasteiger partial charge in [0.25, 0.3) is 0 Å². The van der Waals surface area contributed by atoms with Crippen molar-refractivity contribution in [1.29, 1.82) is 0 Å². The molecular weight excluding hydrogens is 266 g/mol. The largest absolute Gasteiger partial charge is 0.388 e. The molecule has 3 nitrogen and oxygen atoms in total. The fraction of sp³-hybridized carbons (Fsp3) is 0.625. The molecule has 1 aliphatic rings. The van der Waals surface area contributed by atoms with Crippen LogP contribution in [0.25, 0.3) is 0 Å². The van der Waals surface area contributed by atoms with Gasteiger partial charge >= 0.3 is 0 Å². The van der Waals surface area contributed by atoms with Gasteiger partial charge in [-0.15, -0.1) is 0 Å². The minimum Gasteiger partial charge on any atom is -0.388 e. The molecule has 1 saturated heterocycles. The summed E-state index contributed by atoms with van der Waals surface area (Å²) in [5, 5.41) is 3.63. The van der Waals surface area contributed by atoms with Crippen LogP contribution in [0, 0.1) is 5.92 Å². The van der Waals surface area contributed by atoms with Crippen LogP contribution in [0.3, 0.4) is 0 Å². The van der Waals surface area contributed by atoms with Crippen molar-refractivity contribution in [1.82, 2.24) is 5.32 Å². The Balaban J connectivity index is 2.34. The van der Waals surface area contributed by atoms with Crippen LogP contribution >= 0.6 is 0 Å². The highest BCUT2D eigenvalue weighted by atomic mass is 28.4. The predicted molar refractivity (Wildman–Crippen MR) is 85.1 cm³/mol. The zero-order chi connectivity index (χ0) is 15.0. The average molecular weight is 293 g/mol. The summed E-state index contributed by atoms with van der Waals surface area (Å²) in [5.41, 5.74) is 1.23. The Morgan fingerprint density at radius 3 is 2.20 bits per heavy atom. The van der Waals surface area contributed by atoms with Gasteiger partial charge in [0.05, 0.1) is 12.1 Å². The molecule has 1 heterocycles. The number of benzene rings is 1. The lowest BCUT2D eigenvalue weighted by Crippen LogP contribution is -2.75. The Bertz CT molecular complexity index is 444. The number of ether oxygens (including phenoxy) is 1. The molecule has 0 amide bonds. The van der Waals surface area contributed by atoms with Crippen LogP contribution in [0.1, 0.15) is 25.5 Å². The smallest absolute Gasteiger partial charge is 0.194 e. The lowest BCUT2D eigenvalue weighted by Gasteiger charge is -2.58. The van der Waals surface area contributed by atoms with Gasteiger partial charge in [0.1, 0.15) is 0 Å². The second kappa shape index (κ2) is 5.60.